The van der Waals surface area contributed by atoms with E-state index in [0.29, 0.717) is 12.1 Å². The van der Waals surface area contributed by atoms with E-state index in [1.807, 2.05) is 6.92 Å². The van der Waals surface area contributed by atoms with Crippen LogP contribution in [0, 0.1) is 0 Å². The van der Waals surface area contributed by atoms with Gasteiger partial charge in [-0.1, -0.05) is 0 Å². The summed E-state index contributed by atoms with van der Waals surface area (Å²) in [6.07, 6.45) is 1.55. The van der Waals surface area contributed by atoms with E-state index < -0.39 is 11.6 Å². The summed E-state index contributed by atoms with van der Waals surface area (Å²) in [4.78, 5) is 31.2. The van der Waals surface area contributed by atoms with Crippen molar-refractivity contribution in [3.63, 3.8) is 0 Å². The number of nitrogens with one attached hydrogen (secondary N) is 1. The molecule has 8 heteroatoms. The third-order valence-corrected chi connectivity index (χ3v) is 4.77. The Morgan fingerprint density at radius 3 is 2.55 bits per heavy atom. The highest BCUT2D eigenvalue weighted by atomic mass is 16.6. The van der Waals surface area contributed by atoms with Crippen LogP contribution in [0.2, 0.25) is 0 Å². The molecule has 1 aromatic carbocycles. The zero-order chi connectivity index (χ0) is 21.2. The molecule has 29 heavy (non-hydrogen) atoms. The summed E-state index contributed by atoms with van der Waals surface area (Å²) in [7, 11) is 1.46. The first-order valence-corrected chi connectivity index (χ1v) is 9.97. The lowest BCUT2D eigenvalue weighted by Crippen LogP contribution is -2.36. The molecule has 1 saturated heterocycles. The molecule has 0 atom stereocenters. The minimum Gasteiger partial charge on any atom is -0.496 e. The fraction of sp³-hybridized carbons (Fsp3) is 0.571. The van der Waals surface area contributed by atoms with Gasteiger partial charge in [0.2, 0.25) is 0 Å². The van der Waals surface area contributed by atoms with Crippen LogP contribution < -0.4 is 20.3 Å². The minimum atomic E-state index is -0.711. The first-order valence-electron chi connectivity index (χ1n) is 9.97. The number of ether oxygens (including phenoxy) is 3. The van der Waals surface area contributed by atoms with Crippen LogP contribution in [0.3, 0.4) is 0 Å². The van der Waals surface area contributed by atoms with Gasteiger partial charge in [0.05, 0.1) is 24.6 Å². The van der Waals surface area contributed by atoms with Crippen molar-refractivity contribution in [2.45, 2.75) is 52.2 Å². The van der Waals surface area contributed by atoms with E-state index in [0.717, 1.165) is 25.9 Å². The molecule has 1 fully saturated rings. The van der Waals surface area contributed by atoms with Crippen LogP contribution in [-0.4, -0.2) is 47.9 Å². The number of carbonyl (C=O) groups is 1. The van der Waals surface area contributed by atoms with E-state index in [-0.39, 0.29) is 34.3 Å². The summed E-state index contributed by atoms with van der Waals surface area (Å²) in [5, 5.41) is 3.49. The quantitative estimate of drug-likeness (QED) is 0.768. The van der Waals surface area contributed by atoms with Crippen molar-refractivity contribution >= 4 is 16.9 Å². The van der Waals surface area contributed by atoms with Crippen molar-refractivity contribution in [1.82, 2.24) is 14.9 Å². The van der Waals surface area contributed by atoms with Gasteiger partial charge in [0, 0.05) is 6.04 Å². The lowest BCUT2D eigenvalue weighted by Gasteiger charge is -2.27. The summed E-state index contributed by atoms with van der Waals surface area (Å²) >= 11 is 0. The van der Waals surface area contributed by atoms with Gasteiger partial charge in [0.25, 0.3) is 11.6 Å². The smallest absolute Gasteiger partial charge is 0.343 e. The van der Waals surface area contributed by atoms with Gasteiger partial charge in [-0.2, -0.15) is 4.98 Å². The summed E-state index contributed by atoms with van der Waals surface area (Å²) < 4.78 is 18.2. The van der Waals surface area contributed by atoms with E-state index in [2.05, 4.69) is 10.3 Å². The van der Waals surface area contributed by atoms with E-state index in [1.54, 1.807) is 37.5 Å². The Morgan fingerprint density at radius 1 is 1.28 bits per heavy atom. The summed E-state index contributed by atoms with van der Waals surface area (Å²) in [5.74, 6) is -0.327. The molecule has 0 aliphatic carbocycles. The van der Waals surface area contributed by atoms with Crippen LogP contribution in [0.15, 0.2) is 16.9 Å². The molecule has 0 saturated carbocycles. The second-order valence-electron chi connectivity index (χ2n) is 8.02. The SMILES string of the molecule is CCOc1nc2ccc(OC)c(C(=O)OC(C)(C)C)c2c(=O)n1C1CCNCC1. The highest BCUT2D eigenvalue weighted by Gasteiger charge is 2.29. The molecule has 1 aliphatic heterocycles. The standard InChI is InChI=1S/C21H29N3O5/c1-6-28-20-23-14-7-8-15(27-5)17(19(26)29-21(2,3)4)16(14)18(25)24(20)13-9-11-22-12-10-13/h7-8,13,22H,6,9-12H2,1-5H3. The van der Waals surface area contributed by atoms with Gasteiger partial charge in [0.15, 0.2) is 0 Å². The normalized spacial score (nSPS) is 15.3. The summed E-state index contributed by atoms with van der Waals surface area (Å²) in [6, 6.07) is 3.51. The number of hydrogen-bond acceptors (Lipinski definition) is 7. The Labute approximate surface area is 170 Å². The van der Waals surface area contributed by atoms with Crippen molar-refractivity contribution in [1.29, 1.82) is 0 Å². The zero-order valence-electron chi connectivity index (χ0n) is 17.7. The monoisotopic (exact) mass is 403 g/mol. The Bertz CT molecular complexity index is 955. The van der Waals surface area contributed by atoms with Crippen molar-refractivity contribution in [2.24, 2.45) is 0 Å². The largest absolute Gasteiger partial charge is 0.496 e. The molecule has 0 bridgehead atoms. The van der Waals surface area contributed by atoms with Gasteiger partial charge in [-0.25, -0.2) is 4.79 Å². The lowest BCUT2D eigenvalue weighted by atomic mass is 10.0. The Balaban J connectivity index is 2.29. The summed E-state index contributed by atoms with van der Waals surface area (Å²) in [5.41, 5.74) is -0.546. The van der Waals surface area contributed by atoms with Gasteiger partial charge in [-0.3, -0.25) is 9.36 Å². The number of fused-ring (bicyclic) bond motifs is 1. The van der Waals surface area contributed by atoms with Crippen molar-refractivity contribution < 1.29 is 19.0 Å². The maximum Gasteiger partial charge on any atom is 0.343 e. The van der Waals surface area contributed by atoms with Gasteiger partial charge in [-0.05, 0) is 65.8 Å². The minimum absolute atomic E-state index is 0.0557. The van der Waals surface area contributed by atoms with Crippen LogP contribution in [0.5, 0.6) is 11.8 Å². The molecule has 0 spiro atoms. The Hall–Kier alpha value is -2.61. The average molecular weight is 403 g/mol. The van der Waals surface area contributed by atoms with E-state index in [1.165, 1.54) is 7.11 Å². The second kappa shape index (κ2) is 8.41. The number of esters is 1. The van der Waals surface area contributed by atoms with Gasteiger partial charge in [-0.15, -0.1) is 0 Å². The van der Waals surface area contributed by atoms with Crippen LogP contribution in [-0.2, 0) is 4.74 Å². The van der Waals surface area contributed by atoms with Gasteiger partial charge < -0.3 is 19.5 Å². The highest BCUT2D eigenvalue weighted by molar-refractivity contribution is 6.06. The van der Waals surface area contributed by atoms with E-state index in [9.17, 15) is 9.59 Å². The predicted molar refractivity (Wildman–Crippen MR) is 110 cm³/mol. The number of rotatable bonds is 5. The maximum atomic E-state index is 13.6. The zero-order valence-corrected chi connectivity index (χ0v) is 17.7. The number of aromatic nitrogens is 2. The number of nitrogens with zero attached hydrogens (tertiary/aromatic N) is 2. The molecule has 1 aliphatic rings. The first-order chi connectivity index (χ1) is 13.8. The molecule has 158 valence electrons. The van der Waals surface area contributed by atoms with Crippen molar-refractivity contribution in [3.8, 4) is 11.8 Å². The molecule has 2 aromatic rings. The topological polar surface area (TPSA) is 91.7 Å². The molecule has 2 heterocycles. The molecule has 3 rings (SSSR count). The van der Waals surface area contributed by atoms with Gasteiger partial charge in [0.1, 0.15) is 16.9 Å². The molecule has 1 N–H and O–H groups in total. The lowest BCUT2D eigenvalue weighted by molar-refractivity contribution is 0.00687. The number of methoxy groups -OCH3 is 1. The maximum absolute atomic E-state index is 13.6. The van der Waals surface area contributed by atoms with E-state index in [4.69, 9.17) is 14.2 Å². The number of benzene rings is 1. The fourth-order valence-electron chi connectivity index (χ4n) is 3.57. The molecule has 0 unspecified atom stereocenters. The molecular formula is C21H29N3O5. The van der Waals surface area contributed by atoms with Crippen LogP contribution in [0.1, 0.15) is 56.9 Å². The molecule has 0 radical (unpaired) electrons. The van der Waals surface area contributed by atoms with Crippen molar-refractivity contribution in [3.05, 3.63) is 28.0 Å². The average Bonchev–Trinajstić information content (AvgIpc) is 2.67. The Morgan fingerprint density at radius 2 is 1.97 bits per heavy atom. The molecule has 1 aromatic heterocycles. The van der Waals surface area contributed by atoms with Gasteiger partial charge >= 0.3 is 5.97 Å². The molecular weight excluding hydrogens is 374 g/mol. The second-order valence-corrected chi connectivity index (χ2v) is 8.02. The van der Waals surface area contributed by atoms with Crippen LogP contribution in [0.25, 0.3) is 10.9 Å². The number of piperidine rings is 1. The van der Waals surface area contributed by atoms with Crippen molar-refractivity contribution in [2.75, 3.05) is 26.8 Å². The Kier molecular flexibility index (Phi) is 6.12. The number of hydrogen-bond donors (Lipinski definition) is 1. The van der Waals surface area contributed by atoms with Crippen LogP contribution in [0.4, 0.5) is 0 Å². The third-order valence-electron chi connectivity index (χ3n) is 4.77. The molecule has 8 nitrogen and oxygen atoms in total. The van der Waals surface area contributed by atoms with E-state index >= 15 is 0 Å². The molecule has 0 amide bonds. The first kappa shape index (κ1) is 21.1. The predicted octanol–water partition coefficient (Wildman–Crippen LogP) is 2.68. The fourth-order valence-corrected chi connectivity index (χ4v) is 3.57. The number of carbonyl (C=O) groups excluding carboxylic acids is 1. The highest BCUT2D eigenvalue weighted by Crippen LogP contribution is 2.30. The van der Waals surface area contributed by atoms with Crippen LogP contribution >= 0.6 is 0 Å². The third kappa shape index (κ3) is 4.37. The summed E-state index contributed by atoms with van der Waals surface area (Å²) in [6.45, 7) is 9.18.